The second-order valence-corrected chi connectivity index (χ2v) is 8.65. The first-order valence-corrected chi connectivity index (χ1v) is 10.1. The van der Waals surface area contributed by atoms with Crippen LogP contribution in [0.4, 0.5) is 0 Å². The smallest absolute Gasteiger partial charge is 0.185 e. The monoisotopic (exact) mass is 405 g/mol. The van der Waals surface area contributed by atoms with E-state index in [0.717, 1.165) is 29.7 Å². The average Bonchev–Trinajstić information content (AvgIpc) is 3.31. The van der Waals surface area contributed by atoms with E-state index in [9.17, 15) is 4.79 Å². The molecule has 1 aliphatic carbocycles. The second-order valence-electron chi connectivity index (χ2n) is 6.69. The van der Waals surface area contributed by atoms with Crippen molar-refractivity contribution in [3.8, 4) is 0 Å². The molecule has 0 amide bonds. The number of carbonyl (C=O) groups excluding carboxylic acids is 1. The molecule has 0 radical (unpaired) electrons. The van der Waals surface area contributed by atoms with Crippen molar-refractivity contribution < 1.29 is 4.79 Å². The van der Waals surface area contributed by atoms with Crippen LogP contribution in [0.25, 0.3) is 0 Å². The van der Waals surface area contributed by atoms with Crippen LogP contribution in [0.1, 0.15) is 34.5 Å². The highest BCUT2D eigenvalue weighted by molar-refractivity contribution is 8.13. The molecule has 134 valence electrons. The number of carbonyl (C=O) groups is 1. The molecular formula is C19H17Cl2N3OS. The Hall–Kier alpha value is -1.56. The van der Waals surface area contributed by atoms with E-state index in [-0.39, 0.29) is 17.7 Å². The van der Waals surface area contributed by atoms with Gasteiger partial charge in [-0.25, -0.2) is 0 Å². The lowest BCUT2D eigenvalue weighted by Gasteiger charge is -2.16. The molecule has 4 rings (SSSR count). The first-order valence-electron chi connectivity index (χ1n) is 8.40. The fourth-order valence-corrected chi connectivity index (χ4v) is 4.78. The van der Waals surface area contributed by atoms with Crippen molar-refractivity contribution in [2.75, 3.05) is 5.75 Å². The summed E-state index contributed by atoms with van der Waals surface area (Å²) in [5.41, 5.74) is 7.99. The number of aromatic nitrogens is 1. The maximum absolute atomic E-state index is 12.5. The molecule has 1 aromatic heterocycles. The first-order chi connectivity index (χ1) is 12.5. The lowest BCUT2D eigenvalue weighted by molar-refractivity contribution is 0.0988. The molecule has 2 aliphatic rings. The highest BCUT2D eigenvalue weighted by Crippen LogP contribution is 2.60. The van der Waals surface area contributed by atoms with Gasteiger partial charge < -0.3 is 5.73 Å². The molecule has 4 nitrogen and oxygen atoms in total. The summed E-state index contributed by atoms with van der Waals surface area (Å²) in [6.45, 7) is 0. The number of rotatable bonds is 4. The Morgan fingerprint density at radius 3 is 2.92 bits per heavy atom. The van der Waals surface area contributed by atoms with Crippen LogP contribution in [0.2, 0.25) is 10.0 Å². The molecule has 26 heavy (non-hydrogen) atoms. The normalized spacial score (nSPS) is 24.4. The van der Waals surface area contributed by atoms with Gasteiger partial charge >= 0.3 is 0 Å². The van der Waals surface area contributed by atoms with E-state index < -0.39 is 0 Å². The summed E-state index contributed by atoms with van der Waals surface area (Å²) < 4.78 is 0. The van der Waals surface area contributed by atoms with Crippen LogP contribution in [-0.4, -0.2) is 21.7 Å². The molecule has 1 aromatic carbocycles. The highest BCUT2D eigenvalue weighted by atomic mass is 35.5. The molecule has 2 atom stereocenters. The zero-order valence-corrected chi connectivity index (χ0v) is 16.2. The molecule has 7 heteroatoms. The standard InChI is InChI=1S/C19H17Cl2N3OS/c20-13-2-4-16(23-10-13)17(25)8-11-1-3-15(21)14(7-11)19-9-12(19)5-6-26-18(22)24-19/h1-4,7,10,12H,5-6,8-9H2,(H2,22,24)/t12-,19+/m1/s1. The first kappa shape index (κ1) is 17.8. The Balaban J connectivity index is 1.62. The van der Waals surface area contributed by atoms with Crippen LogP contribution in [0.5, 0.6) is 0 Å². The van der Waals surface area contributed by atoms with Gasteiger partial charge in [-0.05, 0) is 48.1 Å². The number of ketones is 1. The van der Waals surface area contributed by atoms with Crippen molar-refractivity contribution in [1.29, 1.82) is 0 Å². The molecule has 0 unspecified atom stereocenters. The van der Waals surface area contributed by atoms with Crippen molar-refractivity contribution in [2.24, 2.45) is 16.6 Å². The summed E-state index contributed by atoms with van der Waals surface area (Å²) in [6, 6.07) is 9.05. The number of nitrogens with zero attached hydrogens (tertiary/aromatic N) is 2. The second kappa shape index (κ2) is 6.87. The van der Waals surface area contributed by atoms with E-state index in [1.807, 2.05) is 18.2 Å². The topological polar surface area (TPSA) is 68.3 Å². The number of aliphatic imine (C=N–C) groups is 1. The number of fused-ring (bicyclic) bond motifs is 1. The molecule has 1 aliphatic heterocycles. The molecule has 2 aromatic rings. The van der Waals surface area contributed by atoms with Gasteiger partial charge in [0.25, 0.3) is 0 Å². The number of thioether (sulfide) groups is 1. The van der Waals surface area contributed by atoms with Gasteiger partial charge in [-0.2, -0.15) is 0 Å². The predicted molar refractivity (Wildman–Crippen MR) is 107 cm³/mol. The molecule has 0 spiro atoms. The third-order valence-electron chi connectivity index (χ3n) is 4.97. The fourth-order valence-electron chi connectivity index (χ4n) is 3.55. The van der Waals surface area contributed by atoms with Crippen molar-refractivity contribution in [3.63, 3.8) is 0 Å². The number of hydrogen-bond donors (Lipinski definition) is 1. The van der Waals surface area contributed by atoms with E-state index >= 15 is 0 Å². The maximum atomic E-state index is 12.5. The molecule has 1 saturated carbocycles. The average molecular weight is 406 g/mol. The van der Waals surface area contributed by atoms with Crippen LogP contribution < -0.4 is 5.73 Å². The lowest BCUT2D eigenvalue weighted by Crippen LogP contribution is -2.14. The van der Waals surface area contributed by atoms with Crippen molar-refractivity contribution in [2.45, 2.75) is 24.8 Å². The Bertz CT molecular complexity index is 900. The van der Waals surface area contributed by atoms with Crippen LogP contribution in [0.15, 0.2) is 41.5 Å². The van der Waals surface area contributed by atoms with Crippen LogP contribution >= 0.6 is 35.0 Å². The molecule has 1 fully saturated rings. The molecule has 2 N–H and O–H groups in total. The Kier molecular flexibility index (Phi) is 4.71. The van der Waals surface area contributed by atoms with E-state index in [1.165, 1.54) is 6.20 Å². The number of benzene rings is 1. The summed E-state index contributed by atoms with van der Waals surface area (Å²) >= 11 is 13.9. The van der Waals surface area contributed by atoms with Crippen molar-refractivity contribution in [3.05, 3.63) is 63.4 Å². The minimum atomic E-state index is -0.317. The molecule has 2 heterocycles. The van der Waals surface area contributed by atoms with Gasteiger partial charge in [-0.15, -0.1) is 0 Å². The summed E-state index contributed by atoms with van der Waals surface area (Å²) in [6.07, 6.45) is 3.77. The largest absolute Gasteiger partial charge is 0.379 e. The number of nitrogens with two attached hydrogens (primary N) is 1. The summed E-state index contributed by atoms with van der Waals surface area (Å²) in [7, 11) is 0. The zero-order chi connectivity index (χ0) is 18.3. The number of Topliss-reactive ketones (excluding diaryl/α,β-unsaturated/α-hetero) is 1. The van der Waals surface area contributed by atoms with Crippen molar-refractivity contribution in [1.82, 2.24) is 4.98 Å². The Morgan fingerprint density at radius 1 is 1.31 bits per heavy atom. The van der Waals surface area contributed by atoms with E-state index in [4.69, 9.17) is 33.9 Å². The van der Waals surface area contributed by atoms with E-state index in [0.29, 0.717) is 26.8 Å². The number of hydrogen-bond acceptors (Lipinski definition) is 5. The number of halogens is 2. The summed E-state index contributed by atoms with van der Waals surface area (Å²) in [5.74, 6) is 1.40. The fraction of sp³-hybridized carbons (Fsp3) is 0.316. The minimum absolute atomic E-state index is 0.0563. The summed E-state index contributed by atoms with van der Waals surface area (Å²) in [5, 5.41) is 1.81. The number of amidine groups is 1. The van der Waals surface area contributed by atoms with Gasteiger partial charge in [0.2, 0.25) is 0 Å². The third-order valence-corrected chi connectivity index (χ3v) is 6.35. The van der Waals surface area contributed by atoms with Gasteiger partial charge in [-0.1, -0.05) is 47.1 Å². The minimum Gasteiger partial charge on any atom is -0.379 e. The van der Waals surface area contributed by atoms with Gasteiger partial charge in [-0.3, -0.25) is 14.8 Å². The maximum Gasteiger partial charge on any atom is 0.185 e. The van der Waals surface area contributed by atoms with Gasteiger partial charge in [0.05, 0.1) is 10.6 Å². The van der Waals surface area contributed by atoms with Crippen LogP contribution in [0.3, 0.4) is 0 Å². The SMILES string of the molecule is NC1=N[C@@]2(c3cc(CC(=O)c4ccc(Cl)cn4)ccc3Cl)C[C@H]2CCS1. The van der Waals surface area contributed by atoms with Crippen molar-refractivity contribution >= 4 is 45.9 Å². The van der Waals surface area contributed by atoms with Gasteiger partial charge in [0.15, 0.2) is 11.0 Å². The lowest BCUT2D eigenvalue weighted by atomic mass is 9.97. The van der Waals surface area contributed by atoms with Gasteiger partial charge in [0, 0.05) is 23.4 Å². The van der Waals surface area contributed by atoms with E-state index in [1.54, 1.807) is 23.9 Å². The Morgan fingerprint density at radius 2 is 2.15 bits per heavy atom. The molecule has 0 bridgehead atoms. The summed E-state index contributed by atoms with van der Waals surface area (Å²) in [4.78, 5) is 21.4. The molecular weight excluding hydrogens is 389 g/mol. The highest BCUT2D eigenvalue weighted by Gasteiger charge is 2.57. The Labute approximate surface area is 166 Å². The van der Waals surface area contributed by atoms with E-state index in [2.05, 4.69) is 4.98 Å². The van der Waals surface area contributed by atoms with Gasteiger partial charge in [0.1, 0.15) is 5.69 Å². The molecule has 0 saturated heterocycles. The number of pyridine rings is 1. The quantitative estimate of drug-likeness (QED) is 0.761. The van der Waals surface area contributed by atoms with Crippen LogP contribution in [-0.2, 0) is 12.0 Å². The predicted octanol–water partition coefficient (Wildman–Crippen LogP) is 4.48. The van der Waals surface area contributed by atoms with Crippen LogP contribution in [0, 0.1) is 5.92 Å². The third kappa shape index (κ3) is 3.36. The zero-order valence-electron chi connectivity index (χ0n) is 13.9.